The lowest BCUT2D eigenvalue weighted by Gasteiger charge is -2.11. The smallest absolute Gasteiger partial charge is 0.196 e. The standard InChI is InChI=1S/C33H42N8.2BrH/c1-27-23-31(37-35-29-14-18-33(19-15-29)39(4)5)26-41(24-27)21-9-7-6-8-20-40-22-10-11-30(25-40)36-34-28-12-16-32(17-13-28)38(2)3;;/h10-19,22-26H,6-9,20-21H2,1-5H3;2*1H/q+2;;/p-2. The van der Waals surface area contributed by atoms with E-state index in [9.17, 15) is 0 Å². The molecule has 0 fully saturated rings. The highest BCUT2D eigenvalue weighted by Gasteiger charge is 2.07. The molecule has 0 saturated carbocycles. The number of hydrogen-bond donors (Lipinski definition) is 0. The first-order valence-electron chi connectivity index (χ1n) is 14.2. The van der Waals surface area contributed by atoms with E-state index in [0.29, 0.717) is 0 Å². The predicted octanol–water partition coefficient (Wildman–Crippen LogP) is 1.80. The van der Waals surface area contributed by atoms with Gasteiger partial charge in [0.15, 0.2) is 24.8 Å². The average molecular weight is 711 g/mol. The molecular formula is C33H42Br2N8. The number of rotatable bonds is 13. The molecule has 8 nitrogen and oxygen atoms in total. The van der Waals surface area contributed by atoms with Crippen molar-refractivity contribution in [3.63, 3.8) is 0 Å². The molecule has 43 heavy (non-hydrogen) atoms. The maximum atomic E-state index is 4.48. The van der Waals surface area contributed by atoms with Crippen molar-refractivity contribution >= 4 is 34.1 Å². The number of unbranched alkanes of at least 4 members (excludes halogenated alkanes) is 3. The van der Waals surface area contributed by atoms with Gasteiger partial charge in [-0.2, -0.15) is 10.2 Å². The van der Waals surface area contributed by atoms with E-state index in [1.807, 2.05) is 76.7 Å². The summed E-state index contributed by atoms with van der Waals surface area (Å²) >= 11 is 0. The maximum absolute atomic E-state index is 4.48. The number of azo groups is 2. The van der Waals surface area contributed by atoms with E-state index in [0.717, 1.165) is 60.1 Å². The van der Waals surface area contributed by atoms with Gasteiger partial charge in [0.2, 0.25) is 0 Å². The van der Waals surface area contributed by atoms with Crippen molar-refractivity contribution in [3.05, 3.63) is 97.1 Å². The molecule has 0 saturated heterocycles. The van der Waals surface area contributed by atoms with E-state index in [1.54, 1.807) is 0 Å². The fourth-order valence-electron chi connectivity index (χ4n) is 4.47. The van der Waals surface area contributed by atoms with Crippen LogP contribution in [0.25, 0.3) is 0 Å². The Hall–Kier alpha value is -3.50. The molecule has 2 aromatic carbocycles. The van der Waals surface area contributed by atoms with Gasteiger partial charge >= 0.3 is 0 Å². The van der Waals surface area contributed by atoms with Gasteiger partial charge in [-0.3, -0.25) is 0 Å². The van der Waals surface area contributed by atoms with E-state index in [4.69, 9.17) is 0 Å². The Labute approximate surface area is 277 Å². The summed E-state index contributed by atoms with van der Waals surface area (Å²) in [5.41, 5.74) is 6.91. The van der Waals surface area contributed by atoms with Crippen LogP contribution in [0.15, 0.2) is 112 Å². The maximum Gasteiger partial charge on any atom is 0.196 e. The van der Waals surface area contributed by atoms with Gasteiger partial charge in [0, 0.05) is 64.0 Å². The molecule has 2 aromatic heterocycles. The van der Waals surface area contributed by atoms with Gasteiger partial charge in [0.1, 0.15) is 24.5 Å². The van der Waals surface area contributed by atoms with E-state index in [1.165, 1.54) is 18.4 Å². The molecule has 0 bridgehead atoms. The van der Waals surface area contributed by atoms with Gasteiger partial charge in [-0.25, -0.2) is 9.13 Å². The van der Waals surface area contributed by atoms with E-state index in [2.05, 4.69) is 89.3 Å². The summed E-state index contributed by atoms with van der Waals surface area (Å²) in [6.07, 6.45) is 13.0. The van der Waals surface area contributed by atoms with Crippen LogP contribution in [0.5, 0.6) is 0 Å². The van der Waals surface area contributed by atoms with Gasteiger partial charge < -0.3 is 43.8 Å². The molecule has 4 rings (SSSR count). The van der Waals surface area contributed by atoms with Crippen LogP contribution in [0.1, 0.15) is 31.2 Å². The lowest BCUT2D eigenvalue weighted by Crippen LogP contribution is -3.00. The van der Waals surface area contributed by atoms with Gasteiger partial charge in [-0.1, -0.05) is 0 Å². The van der Waals surface area contributed by atoms with Crippen LogP contribution >= 0.6 is 0 Å². The van der Waals surface area contributed by atoms with Crippen LogP contribution in [0, 0.1) is 6.92 Å². The number of pyridine rings is 2. The van der Waals surface area contributed by atoms with E-state index in [-0.39, 0.29) is 34.0 Å². The minimum absolute atomic E-state index is 0. The summed E-state index contributed by atoms with van der Waals surface area (Å²) in [5, 5.41) is 17.7. The SMILES string of the molecule is Cc1cc(N=Nc2ccc(N(C)C)cc2)c[n+](CCCCCC[n+]2cccc(N=Nc3ccc(N(C)C)cc3)c2)c1.[Br-].[Br-]. The molecule has 0 aliphatic heterocycles. The van der Waals surface area contributed by atoms with Crippen molar-refractivity contribution in [2.24, 2.45) is 20.5 Å². The van der Waals surface area contributed by atoms with Gasteiger partial charge in [-0.05, 0) is 80.4 Å². The van der Waals surface area contributed by atoms with Gasteiger partial charge in [-0.15, -0.1) is 10.2 Å². The largest absolute Gasteiger partial charge is 1.00 e. The van der Waals surface area contributed by atoms with E-state index < -0.39 is 0 Å². The molecule has 0 amide bonds. The average Bonchev–Trinajstić information content (AvgIpc) is 2.97. The summed E-state index contributed by atoms with van der Waals surface area (Å²) in [6, 6.07) is 22.3. The summed E-state index contributed by atoms with van der Waals surface area (Å²) in [5.74, 6) is 0. The lowest BCUT2D eigenvalue weighted by molar-refractivity contribution is -0.698. The second kappa shape index (κ2) is 18.2. The second-order valence-corrected chi connectivity index (χ2v) is 10.7. The monoisotopic (exact) mass is 708 g/mol. The zero-order valence-electron chi connectivity index (χ0n) is 25.7. The Bertz CT molecular complexity index is 1450. The molecule has 10 heteroatoms. The Morgan fingerprint density at radius 2 is 1.00 bits per heavy atom. The molecule has 0 unspecified atom stereocenters. The fraction of sp³-hybridized carbons (Fsp3) is 0.333. The number of aromatic nitrogens is 2. The summed E-state index contributed by atoms with van der Waals surface area (Å²) < 4.78 is 4.43. The van der Waals surface area contributed by atoms with Crippen molar-refractivity contribution < 1.29 is 43.1 Å². The number of aryl methyl sites for hydroxylation is 3. The normalized spacial score (nSPS) is 10.9. The molecule has 0 aliphatic carbocycles. The fourth-order valence-corrected chi connectivity index (χ4v) is 4.47. The van der Waals surface area contributed by atoms with Crippen LogP contribution < -0.4 is 52.9 Å². The van der Waals surface area contributed by atoms with Gasteiger partial charge in [0.05, 0.1) is 11.4 Å². The molecule has 0 atom stereocenters. The van der Waals surface area contributed by atoms with Crippen molar-refractivity contribution in [1.29, 1.82) is 0 Å². The summed E-state index contributed by atoms with van der Waals surface area (Å²) in [6.45, 7) is 4.05. The number of benzene rings is 2. The minimum Gasteiger partial charge on any atom is -1.00 e. The Morgan fingerprint density at radius 3 is 1.53 bits per heavy atom. The predicted molar refractivity (Wildman–Crippen MR) is 166 cm³/mol. The first kappa shape index (κ1) is 35.7. The molecule has 228 valence electrons. The third-order valence-corrected chi connectivity index (χ3v) is 6.76. The number of anilines is 2. The third kappa shape index (κ3) is 12.0. The van der Waals surface area contributed by atoms with Crippen molar-refractivity contribution in [1.82, 2.24) is 0 Å². The highest BCUT2D eigenvalue weighted by Crippen LogP contribution is 2.22. The first-order chi connectivity index (χ1) is 19.9. The highest BCUT2D eigenvalue weighted by molar-refractivity contribution is 5.52. The first-order valence-corrected chi connectivity index (χ1v) is 14.2. The van der Waals surface area contributed by atoms with Crippen molar-refractivity contribution in [3.8, 4) is 0 Å². The Kier molecular flexibility index (Phi) is 15.1. The Balaban J connectivity index is 0.00000323. The molecule has 0 N–H and O–H groups in total. The van der Waals surface area contributed by atoms with E-state index >= 15 is 0 Å². The number of halogens is 2. The van der Waals surface area contributed by atoms with Crippen LogP contribution in [-0.4, -0.2) is 28.2 Å². The minimum atomic E-state index is 0. The van der Waals surface area contributed by atoms with Crippen molar-refractivity contribution in [2.45, 2.75) is 45.7 Å². The molecule has 4 aromatic rings. The zero-order valence-corrected chi connectivity index (χ0v) is 28.9. The summed E-state index contributed by atoms with van der Waals surface area (Å²) in [4.78, 5) is 4.14. The molecule has 0 spiro atoms. The van der Waals surface area contributed by atoms with Gasteiger partial charge in [0.25, 0.3) is 0 Å². The van der Waals surface area contributed by atoms with Crippen LogP contribution in [0.2, 0.25) is 0 Å². The third-order valence-electron chi connectivity index (χ3n) is 6.76. The van der Waals surface area contributed by atoms with Crippen molar-refractivity contribution in [2.75, 3.05) is 38.0 Å². The summed E-state index contributed by atoms with van der Waals surface area (Å²) in [7, 11) is 8.11. The lowest BCUT2D eigenvalue weighted by atomic mass is 10.2. The Morgan fingerprint density at radius 1 is 0.535 bits per heavy atom. The number of hydrogen-bond acceptors (Lipinski definition) is 6. The van der Waals surface area contributed by atoms with Crippen LogP contribution in [0.4, 0.5) is 34.1 Å². The second-order valence-electron chi connectivity index (χ2n) is 10.7. The quantitative estimate of drug-likeness (QED) is 0.121. The molecule has 0 radical (unpaired) electrons. The van der Waals surface area contributed by atoms with Crippen LogP contribution in [-0.2, 0) is 13.1 Å². The molecular weight excluding hydrogens is 668 g/mol. The topological polar surface area (TPSA) is 63.7 Å². The molecule has 0 aliphatic rings. The number of nitrogens with zero attached hydrogens (tertiary/aromatic N) is 8. The van der Waals surface area contributed by atoms with Crippen LogP contribution in [0.3, 0.4) is 0 Å². The highest BCUT2D eigenvalue weighted by atomic mass is 79.9. The molecule has 2 heterocycles. The zero-order chi connectivity index (χ0) is 29.0.